The summed E-state index contributed by atoms with van der Waals surface area (Å²) in [6, 6.07) is 5.69. The zero-order chi connectivity index (χ0) is 21.0. The Morgan fingerprint density at radius 3 is 1.07 bits per heavy atom. The molecule has 1 N–H and O–H groups in total. The van der Waals surface area contributed by atoms with Crippen LogP contribution in [0.5, 0.6) is 0 Å². The van der Waals surface area contributed by atoms with Crippen molar-refractivity contribution in [1.82, 2.24) is 4.98 Å². The van der Waals surface area contributed by atoms with E-state index in [1.54, 1.807) is 0 Å². The van der Waals surface area contributed by atoms with Crippen molar-refractivity contribution in [3.63, 3.8) is 0 Å². The van der Waals surface area contributed by atoms with Crippen LogP contribution in [0.1, 0.15) is 0 Å². The van der Waals surface area contributed by atoms with E-state index in [9.17, 15) is 33.7 Å². The molecule has 2 rings (SSSR count). The van der Waals surface area contributed by atoms with Gasteiger partial charge >= 0.3 is 0 Å². The minimum absolute atomic E-state index is 0.0585. The fourth-order valence-corrected chi connectivity index (χ4v) is 9.32. The third kappa shape index (κ3) is 4.25. The molecule has 0 radical (unpaired) electrons. The Morgan fingerprint density at radius 2 is 0.852 bits per heavy atom. The normalized spacial score (nSPS) is 13.6. The van der Waals surface area contributed by atoms with Crippen LogP contribution in [0.2, 0.25) is 0 Å². The van der Waals surface area contributed by atoms with E-state index in [0.717, 1.165) is 0 Å². The smallest absolute Gasteiger partial charge is 0.188 e. The molecule has 0 aliphatic rings. The van der Waals surface area contributed by atoms with Crippen molar-refractivity contribution < 1.29 is 33.7 Å². The second kappa shape index (κ2) is 6.43. The van der Waals surface area contributed by atoms with Crippen LogP contribution in [0, 0.1) is 0 Å². The molecule has 0 spiro atoms. The number of rotatable bonds is 4. The zero-order valence-corrected chi connectivity index (χ0v) is 18.0. The van der Waals surface area contributed by atoms with Gasteiger partial charge in [0.25, 0.3) is 0 Å². The topological polar surface area (TPSA) is 152 Å². The van der Waals surface area contributed by atoms with E-state index in [1.807, 2.05) is 0 Å². The number of hydrogen-bond acceptors (Lipinski definition) is 8. The van der Waals surface area contributed by atoms with Crippen molar-refractivity contribution in [2.24, 2.45) is 0 Å². The fraction of sp³-hybridized carbons (Fsp3) is 0.286. The van der Waals surface area contributed by atoms with Crippen LogP contribution in [0.3, 0.4) is 0 Å². The van der Waals surface area contributed by atoms with Crippen molar-refractivity contribution in [2.75, 3.05) is 25.0 Å². The van der Waals surface area contributed by atoms with Crippen molar-refractivity contribution in [3.8, 4) is 0 Å². The molecular weight excluding hydrogens is 438 g/mol. The highest BCUT2D eigenvalue weighted by Gasteiger charge is 2.29. The highest BCUT2D eigenvalue weighted by molar-refractivity contribution is 8.22. The Bertz CT molecular complexity index is 1310. The quantitative estimate of drug-likeness (QED) is 0.583. The van der Waals surface area contributed by atoms with Gasteiger partial charge in [-0.1, -0.05) is 24.3 Å². The lowest BCUT2D eigenvalue weighted by Crippen LogP contribution is -2.26. The van der Waals surface area contributed by atoms with Gasteiger partial charge in [0.15, 0.2) is 47.8 Å². The molecule has 0 atom stereocenters. The largest absolute Gasteiger partial charge is 0.351 e. The van der Waals surface area contributed by atoms with Gasteiger partial charge in [-0.3, -0.25) is 0 Å². The Hall–Kier alpha value is -1.70. The summed E-state index contributed by atoms with van der Waals surface area (Å²) in [5.41, 5.74) is 0. The molecule has 150 valence electrons. The Morgan fingerprint density at radius 1 is 0.593 bits per heavy atom. The van der Waals surface area contributed by atoms with Crippen LogP contribution in [0.15, 0.2) is 24.3 Å². The summed E-state index contributed by atoms with van der Waals surface area (Å²) >= 11 is 0. The van der Waals surface area contributed by atoms with Gasteiger partial charge in [0.2, 0.25) is 0 Å². The highest BCUT2D eigenvalue weighted by Crippen LogP contribution is 2.17. The average Bonchev–Trinajstić information content (AvgIpc) is 2.71. The minimum atomic E-state index is -4.26. The maximum Gasteiger partial charge on any atom is 0.188 e. The van der Waals surface area contributed by atoms with Crippen LogP contribution in [0.25, 0.3) is 19.2 Å². The number of sulfone groups is 4. The second-order valence-electron chi connectivity index (χ2n) is 6.08. The number of nitrogens with one attached hydrogen (secondary N) is 1. The standard InChI is InChI=1S/C14H17NO8S4/c1-24(16,17)13(25(2,18)19)11-9-7-5-6-8-10(9)12(15-11)14(26(3,20)21)27(4,22)23/h5-8,15H,1-4H3. The van der Waals surface area contributed by atoms with Crippen molar-refractivity contribution >= 4 is 58.6 Å². The van der Waals surface area contributed by atoms with Gasteiger partial charge in [0.1, 0.15) is 0 Å². The molecule has 0 fully saturated rings. The fourth-order valence-electron chi connectivity index (χ4n) is 2.79. The molecule has 0 aliphatic heterocycles. The molecule has 0 saturated carbocycles. The molecular formula is C14H17NO8S4. The summed E-state index contributed by atoms with van der Waals surface area (Å²) in [6.45, 7) is 0. The van der Waals surface area contributed by atoms with E-state index in [0.29, 0.717) is 25.0 Å². The van der Waals surface area contributed by atoms with Crippen LogP contribution < -0.4 is 10.7 Å². The predicted molar refractivity (Wildman–Crippen MR) is 104 cm³/mol. The molecule has 0 aliphatic carbocycles. The summed E-state index contributed by atoms with van der Waals surface area (Å²) in [7, 11) is -17.0. The lowest BCUT2D eigenvalue weighted by molar-refractivity contribution is 0.602. The third-order valence-electron chi connectivity index (χ3n) is 3.47. The van der Waals surface area contributed by atoms with E-state index >= 15 is 0 Å². The second-order valence-corrected chi connectivity index (χ2v) is 14.4. The lowest BCUT2D eigenvalue weighted by atomic mass is 10.2. The number of hydrogen-bond donors (Lipinski definition) is 1. The lowest BCUT2D eigenvalue weighted by Gasteiger charge is -2.02. The van der Waals surface area contributed by atoms with Gasteiger partial charge < -0.3 is 4.98 Å². The molecule has 2 aromatic rings. The van der Waals surface area contributed by atoms with E-state index in [-0.39, 0.29) is 10.8 Å². The number of H-pyrrole nitrogens is 1. The van der Waals surface area contributed by atoms with Gasteiger partial charge in [-0.05, 0) is 0 Å². The first-order valence-corrected chi connectivity index (χ1v) is 14.7. The molecule has 1 aromatic carbocycles. The molecule has 0 saturated heterocycles. The van der Waals surface area contributed by atoms with E-state index in [4.69, 9.17) is 0 Å². The van der Waals surface area contributed by atoms with Gasteiger partial charge in [-0.2, -0.15) is 0 Å². The first-order chi connectivity index (χ1) is 12.0. The van der Waals surface area contributed by atoms with Gasteiger partial charge in [0, 0.05) is 35.8 Å². The summed E-state index contributed by atoms with van der Waals surface area (Å²) in [4.78, 5) is 2.43. The minimum Gasteiger partial charge on any atom is -0.351 e. The number of fused-ring (bicyclic) bond motifs is 1. The van der Waals surface area contributed by atoms with E-state index < -0.39 is 58.5 Å². The summed E-state index contributed by atoms with van der Waals surface area (Å²) in [6.07, 6.45) is 2.76. The Labute approximate surface area is 157 Å². The molecule has 1 heterocycles. The number of aromatic nitrogens is 1. The Kier molecular flexibility index (Phi) is 5.14. The van der Waals surface area contributed by atoms with Crippen LogP contribution >= 0.6 is 0 Å². The van der Waals surface area contributed by atoms with Crippen LogP contribution in [-0.2, 0) is 39.3 Å². The predicted octanol–water partition coefficient (Wildman–Crippen LogP) is -1.52. The Balaban J connectivity index is 3.53. The first-order valence-electron chi connectivity index (χ1n) is 7.11. The van der Waals surface area contributed by atoms with Crippen molar-refractivity contribution in [1.29, 1.82) is 0 Å². The summed E-state index contributed by atoms with van der Waals surface area (Å²) in [5.74, 6) is 0. The number of benzene rings is 1. The van der Waals surface area contributed by atoms with Gasteiger partial charge in [0.05, 0.1) is 10.7 Å². The first kappa shape index (κ1) is 21.6. The van der Waals surface area contributed by atoms with Crippen LogP contribution in [-0.4, -0.2) is 63.7 Å². The molecule has 0 bridgehead atoms. The molecule has 1 aromatic heterocycles. The molecule has 0 amide bonds. The van der Waals surface area contributed by atoms with Crippen molar-refractivity contribution in [3.05, 3.63) is 35.0 Å². The summed E-state index contributed by atoms with van der Waals surface area (Å²) < 4.78 is 95.0. The maximum atomic E-state index is 12.1. The van der Waals surface area contributed by atoms with Crippen molar-refractivity contribution in [2.45, 2.75) is 0 Å². The summed E-state index contributed by atoms with van der Waals surface area (Å²) in [5, 5.41) is -0.669. The molecule has 27 heavy (non-hydrogen) atoms. The molecule has 0 unspecified atom stereocenters. The average molecular weight is 456 g/mol. The van der Waals surface area contributed by atoms with Crippen LogP contribution in [0.4, 0.5) is 0 Å². The molecule has 13 heteroatoms. The molecule has 9 nitrogen and oxygen atoms in total. The maximum absolute atomic E-state index is 12.1. The zero-order valence-electron chi connectivity index (χ0n) is 14.7. The van der Waals surface area contributed by atoms with E-state index in [2.05, 4.69) is 4.98 Å². The van der Waals surface area contributed by atoms with E-state index in [1.165, 1.54) is 24.3 Å². The highest BCUT2D eigenvalue weighted by atomic mass is 32.3. The number of aromatic amines is 1. The SMILES string of the molecule is CS(=O)(=O)C(=c1[nH]c(=C(S(C)(=O)=O)S(C)(=O)=O)c2ccccc12)S(C)(=O)=O. The third-order valence-corrected chi connectivity index (χ3v) is 10.6. The van der Waals surface area contributed by atoms with Gasteiger partial charge in [-0.25, -0.2) is 33.7 Å². The monoisotopic (exact) mass is 455 g/mol. The van der Waals surface area contributed by atoms with Gasteiger partial charge in [-0.15, -0.1) is 0 Å².